The van der Waals surface area contributed by atoms with Crippen LogP contribution >= 0.6 is 11.8 Å². The number of hydrogen-bond donors (Lipinski definition) is 1. The van der Waals surface area contributed by atoms with E-state index in [4.69, 9.17) is 0 Å². The first kappa shape index (κ1) is 11.0. The van der Waals surface area contributed by atoms with Gasteiger partial charge in [0.25, 0.3) is 0 Å². The third-order valence-corrected chi connectivity index (χ3v) is 4.77. The highest BCUT2D eigenvalue weighted by Crippen LogP contribution is 2.45. The van der Waals surface area contributed by atoms with E-state index in [1.54, 1.807) is 0 Å². The second kappa shape index (κ2) is 4.18. The molecule has 0 bridgehead atoms. The maximum Gasteiger partial charge on any atom is 0.0807 e. The molecule has 0 saturated carbocycles. The molecule has 1 aliphatic rings. The van der Waals surface area contributed by atoms with Gasteiger partial charge in [0.05, 0.1) is 11.7 Å². The minimum absolute atomic E-state index is 0.309. The van der Waals surface area contributed by atoms with Crippen LogP contribution in [0.25, 0.3) is 0 Å². The molecule has 2 unspecified atom stereocenters. The number of thioether (sulfide) groups is 1. The van der Waals surface area contributed by atoms with E-state index in [0.29, 0.717) is 10.8 Å². The van der Waals surface area contributed by atoms with Gasteiger partial charge >= 0.3 is 0 Å². The lowest BCUT2D eigenvalue weighted by atomic mass is 9.94. The molecule has 0 aliphatic carbocycles. The smallest absolute Gasteiger partial charge is 0.0807 e. The molecule has 1 aromatic rings. The van der Waals surface area contributed by atoms with Crippen LogP contribution in [0.1, 0.15) is 31.5 Å². The molecule has 1 fully saturated rings. The van der Waals surface area contributed by atoms with Gasteiger partial charge in [-0.25, -0.2) is 0 Å². The largest absolute Gasteiger partial charge is 0.311 e. The third-order valence-electron chi connectivity index (χ3n) is 3.18. The second-order valence-corrected chi connectivity index (χ2v) is 6.03. The van der Waals surface area contributed by atoms with Crippen molar-refractivity contribution in [1.82, 2.24) is 15.1 Å². The fourth-order valence-corrected chi connectivity index (χ4v) is 3.83. The van der Waals surface area contributed by atoms with Gasteiger partial charge in [-0.3, -0.25) is 4.68 Å². The molecule has 2 heterocycles. The molecule has 1 aliphatic heterocycles. The Kier molecular flexibility index (Phi) is 3.07. The zero-order valence-electron chi connectivity index (χ0n) is 9.66. The molecule has 0 aromatic carbocycles. The Balaban J connectivity index is 2.23. The van der Waals surface area contributed by atoms with Crippen molar-refractivity contribution >= 4 is 11.8 Å². The molecule has 2 atom stereocenters. The lowest BCUT2D eigenvalue weighted by Gasteiger charge is -2.31. The maximum atomic E-state index is 4.51. The number of nitrogens with zero attached hydrogens (tertiary/aromatic N) is 2. The Morgan fingerprint density at radius 1 is 1.67 bits per heavy atom. The van der Waals surface area contributed by atoms with Crippen LogP contribution in [0.2, 0.25) is 0 Å². The number of hydrogen-bond acceptors (Lipinski definition) is 3. The van der Waals surface area contributed by atoms with Crippen molar-refractivity contribution in [1.29, 1.82) is 0 Å². The summed E-state index contributed by atoms with van der Waals surface area (Å²) in [4.78, 5) is 0. The second-order valence-electron chi connectivity index (χ2n) is 4.40. The normalized spacial score (nSPS) is 28.2. The van der Waals surface area contributed by atoms with E-state index in [1.807, 2.05) is 25.0 Å². The standard InChI is InChI=1S/C11H19N3S/c1-11(6-4-8-15-11)10(12-2)9-5-7-14(3)13-9/h5,7,10,12H,4,6,8H2,1-3H3. The minimum Gasteiger partial charge on any atom is -0.311 e. The predicted molar refractivity (Wildman–Crippen MR) is 65.1 cm³/mol. The van der Waals surface area contributed by atoms with E-state index in [-0.39, 0.29) is 0 Å². The SMILES string of the molecule is CNC(c1ccn(C)n1)C1(C)CCCS1. The number of rotatable bonds is 3. The number of nitrogens with one attached hydrogen (secondary N) is 1. The maximum absolute atomic E-state index is 4.51. The highest BCUT2D eigenvalue weighted by Gasteiger charge is 2.38. The van der Waals surface area contributed by atoms with E-state index in [1.165, 1.54) is 18.6 Å². The van der Waals surface area contributed by atoms with Gasteiger partial charge in [-0.1, -0.05) is 0 Å². The Bertz CT molecular complexity index is 328. The molecular formula is C11H19N3S. The first-order valence-corrected chi connectivity index (χ1v) is 6.45. The first-order valence-electron chi connectivity index (χ1n) is 5.46. The van der Waals surface area contributed by atoms with E-state index < -0.39 is 0 Å². The first-order chi connectivity index (χ1) is 7.15. The van der Waals surface area contributed by atoms with Crippen molar-refractivity contribution in [3.05, 3.63) is 18.0 Å². The van der Waals surface area contributed by atoms with Crippen LogP contribution in [-0.4, -0.2) is 27.3 Å². The Hall–Kier alpha value is -0.480. The minimum atomic E-state index is 0.309. The summed E-state index contributed by atoms with van der Waals surface area (Å²) in [6.45, 7) is 2.35. The summed E-state index contributed by atoms with van der Waals surface area (Å²) in [5, 5.41) is 7.93. The van der Waals surface area contributed by atoms with Crippen LogP contribution in [0.3, 0.4) is 0 Å². The topological polar surface area (TPSA) is 29.9 Å². The van der Waals surface area contributed by atoms with Crippen LogP contribution in [-0.2, 0) is 7.05 Å². The molecule has 84 valence electrons. The average molecular weight is 225 g/mol. The highest BCUT2D eigenvalue weighted by atomic mass is 32.2. The van der Waals surface area contributed by atoms with Crippen molar-refractivity contribution in [2.24, 2.45) is 7.05 Å². The van der Waals surface area contributed by atoms with E-state index >= 15 is 0 Å². The molecule has 3 nitrogen and oxygen atoms in total. The molecule has 1 aromatic heterocycles. The van der Waals surface area contributed by atoms with Gasteiger partial charge in [-0.05, 0) is 38.6 Å². The van der Waals surface area contributed by atoms with Crippen molar-refractivity contribution in [2.45, 2.75) is 30.6 Å². The molecule has 2 rings (SSSR count). The van der Waals surface area contributed by atoms with Gasteiger partial charge in [-0.2, -0.15) is 16.9 Å². The summed E-state index contributed by atoms with van der Waals surface area (Å²) >= 11 is 2.07. The lowest BCUT2D eigenvalue weighted by Crippen LogP contribution is -2.36. The van der Waals surface area contributed by atoms with Crippen LogP contribution < -0.4 is 5.32 Å². The van der Waals surface area contributed by atoms with Crippen molar-refractivity contribution in [3.63, 3.8) is 0 Å². The molecular weight excluding hydrogens is 206 g/mol. The average Bonchev–Trinajstić information content (AvgIpc) is 2.78. The van der Waals surface area contributed by atoms with Gasteiger partial charge in [0.15, 0.2) is 0 Å². The molecule has 4 heteroatoms. The van der Waals surface area contributed by atoms with E-state index in [2.05, 4.69) is 35.2 Å². The summed E-state index contributed by atoms with van der Waals surface area (Å²) in [6, 6.07) is 2.48. The Morgan fingerprint density at radius 2 is 2.47 bits per heavy atom. The van der Waals surface area contributed by atoms with Crippen LogP contribution in [0.4, 0.5) is 0 Å². The predicted octanol–water partition coefficient (Wildman–Crippen LogP) is 1.97. The highest BCUT2D eigenvalue weighted by molar-refractivity contribution is 8.00. The van der Waals surface area contributed by atoms with Crippen LogP contribution in [0, 0.1) is 0 Å². The van der Waals surface area contributed by atoms with Gasteiger partial charge in [0.2, 0.25) is 0 Å². The number of aryl methyl sites for hydroxylation is 1. The fraction of sp³-hybridized carbons (Fsp3) is 0.727. The third kappa shape index (κ3) is 2.06. The van der Waals surface area contributed by atoms with E-state index in [9.17, 15) is 0 Å². The van der Waals surface area contributed by atoms with Gasteiger partial charge in [0.1, 0.15) is 0 Å². The molecule has 0 spiro atoms. The fourth-order valence-electron chi connectivity index (χ4n) is 2.38. The summed E-state index contributed by atoms with van der Waals surface area (Å²) in [5.41, 5.74) is 1.16. The Labute approximate surface area is 95.6 Å². The van der Waals surface area contributed by atoms with Gasteiger partial charge < -0.3 is 5.32 Å². The summed E-state index contributed by atoms with van der Waals surface area (Å²) in [7, 11) is 4.00. The summed E-state index contributed by atoms with van der Waals surface area (Å²) in [5.74, 6) is 1.28. The summed E-state index contributed by atoms with van der Waals surface area (Å²) < 4.78 is 2.19. The molecule has 0 amide bonds. The monoisotopic (exact) mass is 225 g/mol. The van der Waals surface area contributed by atoms with Crippen LogP contribution in [0.5, 0.6) is 0 Å². The van der Waals surface area contributed by atoms with E-state index in [0.717, 1.165) is 5.69 Å². The molecule has 1 N–H and O–H groups in total. The molecule has 0 radical (unpaired) electrons. The van der Waals surface area contributed by atoms with Gasteiger partial charge in [-0.15, -0.1) is 0 Å². The molecule has 15 heavy (non-hydrogen) atoms. The summed E-state index contributed by atoms with van der Waals surface area (Å²) in [6.07, 6.45) is 4.62. The lowest BCUT2D eigenvalue weighted by molar-refractivity contribution is 0.428. The zero-order chi connectivity index (χ0) is 10.9. The zero-order valence-corrected chi connectivity index (χ0v) is 10.5. The quantitative estimate of drug-likeness (QED) is 0.853. The number of aromatic nitrogens is 2. The van der Waals surface area contributed by atoms with Gasteiger partial charge in [0, 0.05) is 18.0 Å². The van der Waals surface area contributed by atoms with Crippen molar-refractivity contribution in [2.75, 3.05) is 12.8 Å². The van der Waals surface area contributed by atoms with Crippen molar-refractivity contribution in [3.8, 4) is 0 Å². The molecule has 1 saturated heterocycles. The van der Waals surface area contributed by atoms with Crippen LogP contribution in [0.15, 0.2) is 12.3 Å². The van der Waals surface area contributed by atoms with Crippen molar-refractivity contribution < 1.29 is 0 Å². The Morgan fingerprint density at radius 3 is 2.93 bits per heavy atom.